The van der Waals surface area contributed by atoms with Crippen molar-refractivity contribution in [3.63, 3.8) is 0 Å². The number of hydrogen-bond donors (Lipinski definition) is 1. The number of fused-ring (bicyclic) bond motifs is 2. The van der Waals surface area contributed by atoms with Gasteiger partial charge in [-0.15, -0.1) is 0 Å². The zero-order valence-electron chi connectivity index (χ0n) is 36.7. The molecule has 0 spiro atoms. The summed E-state index contributed by atoms with van der Waals surface area (Å²) in [6.07, 6.45) is 1.92. The minimum Gasteiger partial charge on any atom is -0.507 e. The largest absolute Gasteiger partial charge is 0.507 e. The van der Waals surface area contributed by atoms with Crippen molar-refractivity contribution >= 4 is 21.9 Å². The predicted molar refractivity (Wildman–Crippen MR) is 257 cm³/mol. The molecule has 0 unspecified atom stereocenters. The lowest BCUT2D eigenvalue weighted by atomic mass is 9.86. The first-order valence-corrected chi connectivity index (χ1v) is 21.3. The van der Waals surface area contributed by atoms with Gasteiger partial charge in [-0.2, -0.15) is 0 Å². The van der Waals surface area contributed by atoms with Gasteiger partial charge in [-0.3, -0.25) is 9.55 Å². The topological polar surface area (TPSA) is 50.9 Å². The Labute approximate surface area is 360 Å². The highest BCUT2D eigenvalue weighted by Gasteiger charge is 2.25. The van der Waals surface area contributed by atoms with Crippen LogP contribution in [0.2, 0.25) is 0 Å². The summed E-state index contributed by atoms with van der Waals surface area (Å²) >= 11 is 0. The van der Waals surface area contributed by atoms with E-state index in [2.05, 4.69) is 200 Å². The number of para-hydroxylation sites is 1. The fraction of sp³-hybridized carbons (Fsp3) is 0.193. The van der Waals surface area contributed by atoms with Gasteiger partial charge in [0.15, 0.2) is 0 Å². The van der Waals surface area contributed by atoms with Crippen molar-refractivity contribution < 1.29 is 5.11 Å². The van der Waals surface area contributed by atoms with E-state index in [0.717, 1.165) is 66.6 Å². The van der Waals surface area contributed by atoms with Crippen LogP contribution in [0.3, 0.4) is 0 Å². The molecule has 4 nitrogen and oxygen atoms in total. The predicted octanol–water partition coefficient (Wildman–Crippen LogP) is 15.1. The molecule has 61 heavy (non-hydrogen) atoms. The fourth-order valence-electron chi connectivity index (χ4n) is 9.04. The number of pyridine rings is 1. The van der Waals surface area contributed by atoms with Crippen LogP contribution in [0.25, 0.3) is 83.5 Å². The lowest BCUT2D eigenvalue weighted by Crippen LogP contribution is -2.11. The minimum atomic E-state index is -0.134. The van der Waals surface area contributed by atoms with E-state index < -0.39 is 0 Å². The standard InChI is InChI=1S/C57H53N3O/c1-35-29-36(2)52(37(3)30-35)41-32-48(40-18-13-17-39(31-40)46-19-14-20-47-45(27-28-58-53(46)47)38-15-11-10-12-16-38)54-50(33-41)60(44-24-21-42(22-25-44)56(4,5)6)55(59-54)49-34-43(57(7,8)9)23-26-51(49)61/h10-34,61H,1-9H3. The van der Waals surface area contributed by atoms with Gasteiger partial charge in [0.05, 0.1) is 22.1 Å². The molecule has 0 saturated carbocycles. The molecule has 9 rings (SSSR count). The fourth-order valence-corrected chi connectivity index (χ4v) is 9.04. The average Bonchev–Trinajstić information content (AvgIpc) is 3.61. The molecule has 0 bridgehead atoms. The first kappa shape index (κ1) is 39.7. The number of benzene rings is 7. The molecule has 0 saturated heterocycles. The maximum absolute atomic E-state index is 11.7. The van der Waals surface area contributed by atoms with Crippen LogP contribution in [0.1, 0.15) is 69.4 Å². The SMILES string of the molecule is Cc1cc(C)c(-c2cc(-c3cccc(-c4cccc5c(-c6ccccc6)ccnc45)c3)c3nc(-c4cc(C(C)(C)C)ccc4O)n(-c4ccc(C(C)(C)C)cc4)c3c2)c(C)c1. The van der Waals surface area contributed by atoms with Crippen LogP contribution >= 0.6 is 0 Å². The summed E-state index contributed by atoms with van der Waals surface area (Å²) in [6, 6.07) is 51.9. The second kappa shape index (κ2) is 15.0. The molecule has 1 N–H and O–H groups in total. The average molecular weight is 796 g/mol. The van der Waals surface area contributed by atoms with Crippen LogP contribution in [-0.4, -0.2) is 19.6 Å². The van der Waals surface area contributed by atoms with Crippen LogP contribution in [-0.2, 0) is 10.8 Å². The summed E-state index contributed by atoms with van der Waals surface area (Å²) in [7, 11) is 0. The molecule has 7 aromatic carbocycles. The molecule has 2 heterocycles. The second-order valence-corrected chi connectivity index (χ2v) is 18.7. The van der Waals surface area contributed by atoms with Gasteiger partial charge < -0.3 is 5.11 Å². The van der Waals surface area contributed by atoms with Gasteiger partial charge in [0, 0.05) is 28.4 Å². The van der Waals surface area contributed by atoms with Gasteiger partial charge in [-0.25, -0.2) is 4.98 Å². The first-order chi connectivity index (χ1) is 29.2. The Bertz CT molecular complexity index is 3100. The Kier molecular flexibility index (Phi) is 9.78. The molecule has 4 heteroatoms. The van der Waals surface area contributed by atoms with Gasteiger partial charge >= 0.3 is 0 Å². The highest BCUT2D eigenvalue weighted by atomic mass is 16.3. The molecule has 0 amide bonds. The highest BCUT2D eigenvalue weighted by molar-refractivity contribution is 6.04. The molecule has 0 fully saturated rings. The molecule has 0 aliphatic carbocycles. The Morgan fingerprint density at radius 3 is 1.82 bits per heavy atom. The second-order valence-electron chi connectivity index (χ2n) is 18.7. The van der Waals surface area contributed by atoms with Crippen LogP contribution in [0.5, 0.6) is 5.75 Å². The smallest absolute Gasteiger partial charge is 0.149 e. The van der Waals surface area contributed by atoms with Crippen LogP contribution < -0.4 is 0 Å². The Balaban J connectivity index is 1.34. The van der Waals surface area contributed by atoms with E-state index in [1.165, 1.54) is 33.4 Å². The quantitative estimate of drug-likeness (QED) is 0.182. The molecular weight excluding hydrogens is 743 g/mol. The number of phenols is 1. The summed E-state index contributed by atoms with van der Waals surface area (Å²) in [5, 5.41) is 12.8. The van der Waals surface area contributed by atoms with Crippen LogP contribution in [0, 0.1) is 20.8 Å². The summed E-state index contributed by atoms with van der Waals surface area (Å²) < 4.78 is 2.25. The van der Waals surface area contributed by atoms with Crippen molar-refractivity contribution in [2.45, 2.75) is 73.1 Å². The van der Waals surface area contributed by atoms with E-state index in [9.17, 15) is 5.11 Å². The van der Waals surface area contributed by atoms with E-state index in [1.54, 1.807) is 0 Å². The lowest BCUT2D eigenvalue weighted by molar-refractivity contribution is 0.475. The third-order valence-corrected chi connectivity index (χ3v) is 12.2. The zero-order valence-corrected chi connectivity index (χ0v) is 36.7. The number of nitrogens with zero attached hydrogens (tertiary/aromatic N) is 3. The van der Waals surface area contributed by atoms with E-state index in [-0.39, 0.29) is 16.6 Å². The van der Waals surface area contributed by atoms with Crippen molar-refractivity contribution in [3.8, 4) is 67.3 Å². The molecule has 0 aliphatic heterocycles. The van der Waals surface area contributed by atoms with E-state index in [0.29, 0.717) is 11.4 Å². The van der Waals surface area contributed by atoms with Crippen LogP contribution in [0.15, 0.2) is 152 Å². The third-order valence-electron chi connectivity index (χ3n) is 12.2. The van der Waals surface area contributed by atoms with E-state index in [4.69, 9.17) is 9.97 Å². The van der Waals surface area contributed by atoms with Gasteiger partial charge in [0.2, 0.25) is 0 Å². The van der Waals surface area contributed by atoms with Crippen molar-refractivity contribution in [2.75, 3.05) is 0 Å². The molecule has 0 aliphatic rings. The summed E-state index contributed by atoms with van der Waals surface area (Å²) in [5.74, 6) is 0.892. The monoisotopic (exact) mass is 795 g/mol. The van der Waals surface area contributed by atoms with E-state index in [1.807, 2.05) is 18.3 Å². The number of imidazole rings is 1. The molecular formula is C57H53N3O. The van der Waals surface area contributed by atoms with Crippen molar-refractivity contribution in [3.05, 3.63) is 180 Å². The molecule has 0 atom stereocenters. The number of aromatic nitrogens is 3. The Morgan fingerprint density at radius 1 is 0.492 bits per heavy atom. The van der Waals surface area contributed by atoms with Crippen molar-refractivity contribution in [2.24, 2.45) is 0 Å². The minimum absolute atomic E-state index is 0.00770. The maximum Gasteiger partial charge on any atom is 0.149 e. The number of aryl methyl sites for hydroxylation is 3. The number of aromatic hydroxyl groups is 1. The summed E-state index contributed by atoms with van der Waals surface area (Å²) in [6.45, 7) is 19.9. The molecule has 9 aromatic rings. The zero-order chi connectivity index (χ0) is 42.8. The summed E-state index contributed by atoms with van der Waals surface area (Å²) in [4.78, 5) is 10.5. The summed E-state index contributed by atoms with van der Waals surface area (Å²) in [5.41, 5.74) is 19.3. The normalized spacial score (nSPS) is 12.1. The van der Waals surface area contributed by atoms with E-state index >= 15 is 0 Å². The lowest BCUT2D eigenvalue weighted by Gasteiger charge is -2.21. The Morgan fingerprint density at radius 2 is 1.13 bits per heavy atom. The molecule has 302 valence electrons. The van der Waals surface area contributed by atoms with Gasteiger partial charge in [-0.05, 0) is 136 Å². The number of hydrogen-bond acceptors (Lipinski definition) is 3. The van der Waals surface area contributed by atoms with Gasteiger partial charge in [0.1, 0.15) is 11.6 Å². The van der Waals surface area contributed by atoms with Crippen LogP contribution in [0.4, 0.5) is 0 Å². The highest BCUT2D eigenvalue weighted by Crippen LogP contribution is 2.44. The van der Waals surface area contributed by atoms with Crippen molar-refractivity contribution in [1.29, 1.82) is 0 Å². The number of phenolic OH excluding ortho intramolecular Hbond substituents is 1. The first-order valence-electron chi connectivity index (χ1n) is 21.3. The van der Waals surface area contributed by atoms with Crippen molar-refractivity contribution in [1.82, 2.24) is 14.5 Å². The maximum atomic E-state index is 11.7. The molecule has 2 aromatic heterocycles. The Hall–Kier alpha value is -6.78. The third kappa shape index (κ3) is 7.31. The number of rotatable bonds is 6. The van der Waals surface area contributed by atoms with Gasteiger partial charge in [0.25, 0.3) is 0 Å². The van der Waals surface area contributed by atoms with Gasteiger partial charge in [-0.1, -0.05) is 144 Å². The molecule has 0 radical (unpaired) electrons.